The van der Waals surface area contributed by atoms with Crippen molar-refractivity contribution in [2.75, 3.05) is 13.7 Å². The molecule has 0 fully saturated rings. The van der Waals surface area contributed by atoms with Crippen molar-refractivity contribution in [1.29, 1.82) is 0 Å². The Labute approximate surface area is 138 Å². The van der Waals surface area contributed by atoms with Gasteiger partial charge in [0.1, 0.15) is 5.60 Å². The second kappa shape index (κ2) is 6.28. The summed E-state index contributed by atoms with van der Waals surface area (Å²) in [6.07, 6.45) is -0.424. The zero-order valence-corrected chi connectivity index (χ0v) is 14.8. The van der Waals surface area contributed by atoms with Gasteiger partial charge >= 0.3 is 12.1 Å². The van der Waals surface area contributed by atoms with Crippen LogP contribution < -0.4 is 0 Å². The average Bonchev–Trinajstić information content (AvgIpc) is 2.43. The molecule has 0 bridgehead atoms. The van der Waals surface area contributed by atoms with Crippen LogP contribution in [0.25, 0.3) is 0 Å². The average molecular weight is 370 g/mol. The molecule has 22 heavy (non-hydrogen) atoms. The van der Waals surface area contributed by atoms with Crippen LogP contribution in [0, 0.1) is 0 Å². The van der Waals surface area contributed by atoms with Gasteiger partial charge < -0.3 is 14.4 Å². The molecule has 0 radical (unpaired) electrons. The number of rotatable bonds is 1. The number of esters is 1. The predicted molar refractivity (Wildman–Crippen MR) is 85.5 cm³/mol. The van der Waals surface area contributed by atoms with E-state index in [4.69, 9.17) is 9.47 Å². The Bertz CT molecular complexity index is 594. The maximum Gasteiger partial charge on any atom is 0.410 e. The summed E-state index contributed by atoms with van der Waals surface area (Å²) in [5, 5.41) is 0. The molecule has 0 aliphatic carbocycles. The minimum Gasteiger partial charge on any atom is -0.468 e. The van der Waals surface area contributed by atoms with Crippen LogP contribution in [0.2, 0.25) is 0 Å². The van der Waals surface area contributed by atoms with E-state index in [1.165, 1.54) is 7.11 Å². The van der Waals surface area contributed by atoms with Gasteiger partial charge in [-0.05, 0) is 44.0 Å². The number of carbonyl (C=O) groups excluding carboxylic acids is 2. The minimum atomic E-state index is -0.574. The molecular formula is C16H20BrNO4. The highest BCUT2D eigenvalue weighted by Gasteiger charge is 2.35. The molecule has 0 aromatic heterocycles. The van der Waals surface area contributed by atoms with Crippen LogP contribution >= 0.6 is 15.9 Å². The Hall–Kier alpha value is -1.56. The Morgan fingerprint density at radius 3 is 2.59 bits per heavy atom. The van der Waals surface area contributed by atoms with Gasteiger partial charge in [0, 0.05) is 17.6 Å². The molecule has 120 valence electrons. The van der Waals surface area contributed by atoms with E-state index >= 15 is 0 Å². The van der Waals surface area contributed by atoms with E-state index in [1.54, 1.807) is 4.90 Å². The number of hydrogen-bond donors (Lipinski definition) is 0. The van der Waals surface area contributed by atoms with Crippen LogP contribution in [0.15, 0.2) is 22.7 Å². The third-order valence-electron chi connectivity index (χ3n) is 3.38. The van der Waals surface area contributed by atoms with Gasteiger partial charge in [0.05, 0.1) is 13.0 Å². The van der Waals surface area contributed by atoms with Gasteiger partial charge in [-0.2, -0.15) is 0 Å². The molecule has 1 aliphatic heterocycles. The van der Waals surface area contributed by atoms with Crippen molar-refractivity contribution in [1.82, 2.24) is 4.90 Å². The molecule has 1 atom stereocenters. The molecular weight excluding hydrogens is 350 g/mol. The summed E-state index contributed by atoms with van der Waals surface area (Å²) >= 11 is 3.42. The predicted octanol–water partition coefficient (Wildman–Crippen LogP) is 3.46. The van der Waals surface area contributed by atoms with Crippen molar-refractivity contribution in [3.8, 4) is 0 Å². The summed E-state index contributed by atoms with van der Waals surface area (Å²) in [7, 11) is 1.35. The van der Waals surface area contributed by atoms with Crippen molar-refractivity contribution in [2.45, 2.75) is 38.8 Å². The number of ether oxygens (including phenoxy) is 2. The standard InChI is InChI=1S/C16H20BrNO4/c1-16(2,3)22-15(20)18-8-10-7-11(17)5-6-12(10)13(9-18)14(19)21-4/h5-7,13H,8-9H2,1-4H3. The topological polar surface area (TPSA) is 55.8 Å². The molecule has 0 spiro atoms. The van der Waals surface area contributed by atoms with Gasteiger partial charge in [-0.25, -0.2) is 4.79 Å². The first-order valence-electron chi connectivity index (χ1n) is 7.05. The number of methoxy groups -OCH3 is 1. The first kappa shape index (κ1) is 16.8. The number of hydrogen-bond acceptors (Lipinski definition) is 4. The summed E-state index contributed by atoms with van der Waals surface area (Å²) in [6, 6.07) is 5.70. The summed E-state index contributed by atoms with van der Waals surface area (Å²) in [5.41, 5.74) is 1.24. The van der Waals surface area contributed by atoms with Crippen LogP contribution in [-0.4, -0.2) is 36.2 Å². The zero-order valence-electron chi connectivity index (χ0n) is 13.2. The molecule has 1 aromatic carbocycles. The smallest absolute Gasteiger partial charge is 0.410 e. The van der Waals surface area contributed by atoms with Crippen LogP contribution in [0.3, 0.4) is 0 Å². The van der Waals surface area contributed by atoms with E-state index in [1.807, 2.05) is 39.0 Å². The van der Waals surface area contributed by atoms with Gasteiger partial charge in [0.15, 0.2) is 0 Å². The number of benzene rings is 1. The molecule has 5 nitrogen and oxygen atoms in total. The van der Waals surface area contributed by atoms with Gasteiger partial charge in [0.2, 0.25) is 0 Å². The first-order chi connectivity index (χ1) is 10.2. The number of amides is 1. The van der Waals surface area contributed by atoms with Crippen molar-refractivity contribution < 1.29 is 19.1 Å². The van der Waals surface area contributed by atoms with Gasteiger partial charge in [-0.1, -0.05) is 22.0 Å². The number of fused-ring (bicyclic) bond motifs is 1. The quantitative estimate of drug-likeness (QED) is 0.711. The number of nitrogens with zero attached hydrogens (tertiary/aromatic N) is 1. The summed E-state index contributed by atoms with van der Waals surface area (Å²) in [6.45, 7) is 6.12. The molecule has 0 saturated carbocycles. The van der Waals surface area contributed by atoms with E-state index in [0.717, 1.165) is 15.6 Å². The zero-order chi connectivity index (χ0) is 16.5. The van der Waals surface area contributed by atoms with Gasteiger partial charge in [-0.15, -0.1) is 0 Å². The lowest BCUT2D eigenvalue weighted by atomic mass is 9.90. The van der Waals surface area contributed by atoms with Gasteiger partial charge in [-0.3, -0.25) is 4.79 Å². The highest BCUT2D eigenvalue weighted by Crippen LogP contribution is 2.32. The molecule has 1 aromatic rings. The largest absolute Gasteiger partial charge is 0.468 e. The van der Waals surface area contributed by atoms with Crippen LogP contribution in [0.4, 0.5) is 4.79 Å². The van der Waals surface area contributed by atoms with E-state index in [2.05, 4.69) is 15.9 Å². The highest BCUT2D eigenvalue weighted by atomic mass is 79.9. The summed E-state index contributed by atoms with van der Waals surface area (Å²) < 4.78 is 11.2. The van der Waals surface area contributed by atoms with E-state index in [9.17, 15) is 9.59 Å². The lowest BCUT2D eigenvalue weighted by molar-refractivity contribution is -0.143. The Kier molecular flexibility index (Phi) is 4.80. The maximum atomic E-state index is 12.3. The Balaban J connectivity index is 2.31. The molecule has 0 saturated heterocycles. The normalized spacial score (nSPS) is 17.7. The molecule has 1 heterocycles. The summed E-state index contributed by atoms with van der Waals surface area (Å²) in [5.74, 6) is -0.841. The van der Waals surface area contributed by atoms with E-state index in [-0.39, 0.29) is 12.5 Å². The second-order valence-corrected chi connectivity index (χ2v) is 7.20. The van der Waals surface area contributed by atoms with Crippen molar-refractivity contribution in [3.63, 3.8) is 0 Å². The maximum absolute atomic E-state index is 12.3. The fourth-order valence-corrected chi connectivity index (χ4v) is 2.86. The monoisotopic (exact) mass is 369 g/mol. The third-order valence-corrected chi connectivity index (χ3v) is 3.88. The molecule has 6 heteroatoms. The van der Waals surface area contributed by atoms with Crippen molar-refractivity contribution >= 4 is 28.0 Å². The summed E-state index contributed by atoms with van der Waals surface area (Å²) in [4.78, 5) is 25.9. The van der Waals surface area contributed by atoms with Crippen molar-refractivity contribution in [3.05, 3.63) is 33.8 Å². The lowest BCUT2D eigenvalue weighted by Gasteiger charge is -2.34. The third kappa shape index (κ3) is 3.80. The number of carbonyl (C=O) groups is 2. The van der Waals surface area contributed by atoms with Crippen LogP contribution in [0.1, 0.15) is 37.8 Å². The first-order valence-corrected chi connectivity index (χ1v) is 7.84. The fraction of sp³-hybridized carbons (Fsp3) is 0.500. The highest BCUT2D eigenvalue weighted by molar-refractivity contribution is 9.10. The van der Waals surface area contributed by atoms with Gasteiger partial charge in [0.25, 0.3) is 0 Å². The van der Waals surface area contributed by atoms with E-state index < -0.39 is 17.6 Å². The van der Waals surface area contributed by atoms with Crippen molar-refractivity contribution in [2.24, 2.45) is 0 Å². The second-order valence-electron chi connectivity index (χ2n) is 6.28. The fourth-order valence-electron chi connectivity index (χ4n) is 2.45. The Morgan fingerprint density at radius 1 is 1.32 bits per heavy atom. The molecule has 1 amide bonds. The molecule has 2 rings (SSSR count). The van der Waals surface area contributed by atoms with E-state index in [0.29, 0.717) is 6.54 Å². The number of halogens is 1. The molecule has 1 aliphatic rings. The molecule has 0 N–H and O–H groups in total. The molecule has 1 unspecified atom stereocenters. The van der Waals surface area contributed by atoms with Crippen LogP contribution in [-0.2, 0) is 20.8 Å². The lowest BCUT2D eigenvalue weighted by Crippen LogP contribution is -2.43. The van der Waals surface area contributed by atoms with Crippen LogP contribution in [0.5, 0.6) is 0 Å². The SMILES string of the molecule is COC(=O)C1CN(C(=O)OC(C)(C)C)Cc2cc(Br)ccc21. The minimum absolute atomic E-state index is 0.260. The Morgan fingerprint density at radius 2 is 2.00 bits per heavy atom.